The van der Waals surface area contributed by atoms with Crippen molar-refractivity contribution in [2.24, 2.45) is 11.1 Å². The molecule has 19 heavy (non-hydrogen) atoms. The monoisotopic (exact) mass is 261 g/mol. The van der Waals surface area contributed by atoms with Gasteiger partial charge in [-0.15, -0.1) is 0 Å². The molecule has 0 bridgehead atoms. The van der Waals surface area contributed by atoms with E-state index in [1.807, 2.05) is 18.2 Å². The standard InChI is InChI=1S/C15H23N3O/c16-12-15(8-4-1-2-5-9-15)14(19)18-11-13-7-3-6-10-17-13/h3,6-7,10H,1-2,4-5,8-9,11-12,16H2,(H,18,19). The fourth-order valence-corrected chi connectivity index (χ4v) is 2.79. The first kappa shape index (κ1) is 14.0. The molecule has 0 radical (unpaired) electrons. The highest BCUT2D eigenvalue weighted by molar-refractivity contribution is 5.82. The number of hydrogen-bond donors (Lipinski definition) is 2. The molecular formula is C15H23N3O. The average molecular weight is 261 g/mol. The van der Waals surface area contributed by atoms with Crippen LogP contribution in [0.5, 0.6) is 0 Å². The van der Waals surface area contributed by atoms with Gasteiger partial charge in [-0.3, -0.25) is 9.78 Å². The lowest BCUT2D eigenvalue weighted by atomic mass is 9.79. The normalized spacial score (nSPS) is 18.6. The molecule has 2 rings (SSSR count). The molecular weight excluding hydrogens is 238 g/mol. The molecule has 0 saturated heterocycles. The molecule has 1 aliphatic carbocycles. The van der Waals surface area contributed by atoms with Crippen LogP contribution in [0.1, 0.15) is 44.2 Å². The van der Waals surface area contributed by atoms with Gasteiger partial charge in [0.1, 0.15) is 0 Å². The molecule has 0 spiro atoms. The first-order valence-electron chi connectivity index (χ1n) is 7.15. The van der Waals surface area contributed by atoms with Gasteiger partial charge in [-0.05, 0) is 25.0 Å². The zero-order valence-corrected chi connectivity index (χ0v) is 11.4. The molecule has 3 N–H and O–H groups in total. The highest BCUT2D eigenvalue weighted by Crippen LogP contribution is 2.34. The molecule has 1 heterocycles. The summed E-state index contributed by atoms with van der Waals surface area (Å²) in [6.45, 7) is 0.933. The second-order valence-electron chi connectivity index (χ2n) is 5.40. The molecule has 0 aromatic carbocycles. The number of amides is 1. The van der Waals surface area contributed by atoms with Gasteiger partial charge < -0.3 is 11.1 Å². The third-order valence-corrected chi connectivity index (χ3v) is 4.09. The average Bonchev–Trinajstić information content (AvgIpc) is 2.72. The quantitative estimate of drug-likeness (QED) is 0.815. The predicted molar refractivity (Wildman–Crippen MR) is 75.3 cm³/mol. The van der Waals surface area contributed by atoms with Crippen LogP contribution in [-0.4, -0.2) is 17.4 Å². The van der Waals surface area contributed by atoms with Crippen LogP contribution in [0, 0.1) is 5.41 Å². The van der Waals surface area contributed by atoms with E-state index in [2.05, 4.69) is 10.3 Å². The van der Waals surface area contributed by atoms with Gasteiger partial charge in [-0.25, -0.2) is 0 Å². The summed E-state index contributed by atoms with van der Waals surface area (Å²) >= 11 is 0. The third kappa shape index (κ3) is 3.53. The fourth-order valence-electron chi connectivity index (χ4n) is 2.79. The highest BCUT2D eigenvalue weighted by Gasteiger charge is 2.36. The largest absolute Gasteiger partial charge is 0.350 e. The number of nitrogens with one attached hydrogen (secondary N) is 1. The summed E-state index contributed by atoms with van der Waals surface area (Å²) in [6.07, 6.45) is 8.22. The van der Waals surface area contributed by atoms with Gasteiger partial charge >= 0.3 is 0 Å². The van der Waals surface area contributed by atoms with Crippen molar-refractivity contribution in [1.82, 2.24) is 10.3 Å². The Morgan fingerprint density at radius 3 is 2.58 bits per heavy atom. The Kier molecular flexibility index (Phi) is 4.91. The van der Waals surface area contributed by atoms with Crippen LogP contribution in [0.4, 0.5) is 0 Å². The summed E-state index contributed by atoms with van der Waals surface area (Å²) in [6, 6.07) is 5.72. The molecule has 1 aromatic heterocycles. The lowest BCUT2D eigenvalue weighted by molar-refractivity contribution is -0.131. The topological polar surface area (TPSA) is 68.0 Å². The SMILES string of the molecule is NCC1(C(=O)NCc2ccccn2)CCCCCC1. The Bertz CT molecular complexity index is 397. The summed E-state index contributed by atoms with van der Waals surface area (Å²) in [4.78, 5) is 16.7. The smallest absolute Gasteiger partial charge is 0.227 e. The Labute approximate surface area is 114 Å². The van der Waals surface area contributed by atoms with Crippen molar-refractivity contribution >= 4 is 5.91 Å². The van der Waals surface area contributed by atoms with Crippen LogP contribution in [0.2, 0.25) is 0 Å². The van der Waals surface area contributed by atoms with Crippen LogP contribution in [-0.2, 0) is 11.3 Å². The lowest BCUT2D eigenvalue weighted by Crippen LogP contribution is -2.45. The maximum absolute atomic E-state index is 12.5. The number of rotatable bonds is 4. The van der Waals surface area contributed by atoms with Crippen LogP contribution in [0.25, 0.3) is 0 Å². The van der Waals surface area contributed by atoms with Gasteiger partial charge in [0.05, 0.1) is 17.7 Å². The van der Waals surface area contributed by atoms with E-state index in [1.165, 1.54) is 12.8 Å². The molecule has 1 saturated carbocycles. The molecule has 1 fully saturated rings. The number of pyridine rings is 1. The molecule has 4 heteroatoms. The fraction of sp³-hybridized carbons (Fsp3) is 0.600. The van der Waals surface area contributed by atoms with E-state index in [1.54, 1.807) is 6.20 Å². The van der Waals surface area contributed by atoms with Gasteiger partial charge in [-0.1, -0.05) is 31.7 Å². The summed E-state index contributed by atoms with van der Waals surface area (Å²) in [5, 5.41) is 3.01. The van der Waals surface area contributed by atoms with Crippen molar-refractivity contribution in [3.63, 3.8) is 0 Å². The van der Waals surface area contributed by atoms with Gasteiger partial charge in [0.15, 0.2) is 0 Å². The van der Waals surface area contributed by atoms with E-state index in [4.69, 9.17) is 5.73 Å². The summed E-state index contributed by atoms with van der Waals surface area (Å²) in [5.41, 5.74) is 6.43. The zero-order chi connectivity index (χ0) is 13.6. The zero-order valence-electron chi connectivity index (χ0n) is 11.4. The van der Waals surface area contributed by atoms with Crippen molar-refractivity contribution in [3.05, 3.63) is 30.1 Å². The van der Waals surface area contributed by atoms with E-state index >= 15 is 0 Å². The van der Waals surface area contributed by atoms with Crippen molar-refractivity contribution in [3.8, 4) is 0 Å². The second kappa shape index (κ2) is 6.66. The van der Waals surface area contributed by atoms with Crippen LogP contribution in [0.15, 0.2) is 24.4 Å². The number of hydrogen-bond acceptors (Lipinski definition) is 3. The highest BCUT2D eigenvalue weighted by atomic mass is 16.2. The predicted octanol–water partition coefficient (Wildman–Crippen LogP) is 2.00. The molecule has 0 atom stereocenters. The molecule has 1 aromatic rings. The van der Waals surface area contributed by atoms with Crippen LogP contribution < -0.4 is 11.1 Å². The minimum atomic E-state index is -0.356. The number of carbonyl (C=O) groups is 1. The minimum absolute atomic E-state index is 0.0996. The number of nitrogens with zero attached hydrogens (tertiary/aromatic N) is 1. The maximum atomic E-state index is 12.5. The van der Waals surface area contributed by atoms with Crippen LogP contribution >= 0.6 is 0 Å². The Hall–Kier alpha value is -1.42. The van der Waals surface area contributed by atoms with E-state index in [0.29, 0.717) is 13.1 Å². The summed E-state index contributed by atoms with van der Waals surface area (Å²) in [7, 11) is 0. The number of nitrogens with two attached hydrogens (primary N) is 1. The second-order valence-corrected chi connectivity index (χ2v) is 5.40. The van der Waals surface area contributed by atoms with E-state index in [0.717, 1.165) is 31.4 Å². The first-order valence-corrected chi connectivity index (χ1v) is 7.15. The van der Waals surface area contributed by atoms with Gasteiger partial charge in [0.2, 0.25) is 5.91 Å². The van der Waals surface area contributed by atoms with Crippen molar-refractivity contribution in [2.75, 3.05) is 6.54 Å². The molecule has 104 valence electrons. The molecule has 0 aliphatic heterocycles. The first-order chi connectivity index (χ1) is 9.27. The summed E-state index contributed by atoms with van der Waals surface area (Å²) < 4.78 is 0. The Morgan fingerprint density at radius 2 is 2.00 bits per heavy atom. The number of carbonyl (C=O) groups excluding carboxylic acids is 1. The Balaban J connectivity index is 1.96. The van der Waals surface area contributed by atoms with Gasteiger partial charge in [-0.2, -0.15) is 0 Å². The molecule has 1 amide bonds. The van der Waals surface area contributed by atoms with Crippen molar-refractivity contribution < 1.29 is 4.79 Å². The van der Waals surface area contributed by atoms with Crippen LogP contribution in [0.3, 0.4) is 0 Å². The van der Waals surface area contributed by atoms with E-state index in [9.17, 15) is 4.79 Å². The number of aromatic nitrogens is 1. The maximum Gasteiger partial charge on any atom is 0.227 e. The molecule has 1 aliphatic rings. The van der Waals surface area contributed by atoms with Crippen molar-refractivity contribution in [1.29, 1.82) is 0 Å². The Morgan fingerprint density at radius 1 is 1.26 bits per heavy atom. The van der Waals surface area contributed by atoms with E-state index < -0.39 is 0 Å². The minimum Gasteiger partial charge on any atom is -0.350 e. The van der Waals surface area contributed by atoms with Crippen molar-refractivity contribution in [2.45, 2.75) is 45.1 Å². The van der Waals surface area contributed by atoms with Gasteiger partial charge in [0.25, 0.3) is 0 Å². The van der Waals surface area contributed by atoms with E-state index in [-0.39, 0.29) is 11.3 Å². The van der Waals surface area contributed by atoms with Gasteiger partial charge in [0, 0.05) is 12.7 Å². The molecule has 0 unspecified atom stereocenters. The lowest BCUT2D eigenvalue weighted by Gasteiger charge is -2.29. The summed E-state index contributed by atoms with van der Waals surface area (Å²) in [5.74, 6) is 0.0996. The molecule has 4 nitrogen and oxygen atoms in total. The third-order valence-electron chi connectivity index (χ3n) is 4.09.